The van der Waals surface area contributed by atoms with Gasteiger partial charge in [0.15, 0.2) is 20.3 Å². The van der Waals surface area contributed by atoms with Gasteiger partial charge in [-0.05, 0) is 45.9 Å². The molecule has 0 saturated carbocycles. The van der Waals surface area contributed by atoms with Gasteiger partial charge in [0.25, 0.3) is 0 Å². The summed E-state index contributed by atoms with van der Waals surface area (Å²) in [4.78, 5) is 16.4. The zero-order valence-electron chi connectivity index (χ0n) is 20.7. The molecule has 2 aromatic rings. The summed E-state index contributed by atoms with van der Waals surface area (Å²) in [5, 5.41) is 9.83. The van der Waals surface area contributed by atoms with Gasteiger partial charge < -0.3 is 49.7 Å². The van der Waals surface area contributed by atoms with Crippen LogP contribution in [-0.2, 0) is 50.5 Å². The van der Waals surface area contributed by atoms with E-state index >= 15 is 0 Å². The number of rotatable bonds is 4. The van der Waals surface area contributed by atoms with E-state index in [4.69, 9.17) is 80.9 Å². The molecule has 0 amide bonds. The van der Waals surface area contributed by atoms with Crippen LogP contribution in [0.4, 0.5) is 11.6 Å². The third-order valence-electron chi connectivity index (χ3n) is 4.74. The Labute approximate surface area is 288 Å². The monoisotopic (exact) mass is 792 g/mol. The Morgan fingerprint density at radius 3 is 1.37 bits per heavy atom. The fraction of sp³-hybridized carbons (Fsp3) is 0.333. The minimum absolute atomic E-state index is 0.186. The molecule has 4 heterocycles. The summed E-state index contributed by atoms with van der Waals surface area (Å²) in [7, 11) is 0. The van der Waals surface area contributed by atoms with Crippen molar-refractivity contribution in [2.24, 2.45) is 0 Å². The zero-order chi connectivity index (χ0) is 30.4. The van der Waals surface area contributed by atoms with E-state index in [2.05, 4.69) is 56.0 Å². The Morgan fingerprint density at radius 1 is 0.780 bits per heavy atom. The van der Waals surface area contributed by atoms with Crippen LogP contribution in [0.3, 0.4) is 0 Å². The second-order valence-electron chi connectivity index (χ2n) is 7.26. The first-order chi connectivity index (χ1) is 19.6. The minimum atomic E-state index is -2.03. The van der Waals surface area contributed by atoms with E-state index in [0.717, 1.165) is 39.0 Å². The van der Waals surface area contributed by atoms with E-state index in [1.807, 2.05) is 10.2 Å². The van der Waals surface area contributed by atoms with Crippen LogP contribution in [0.1, 0.15) is 12.8 Å². The Kier molecular flexibility index (Phi) is 17.0. The van der Waals surface area contributed by atoms with Gasteiger partial charge in [-0.2, -0.15) is 10.2 Å². The number of hydrogen-bond acceptors (Lipinski definition) is 16. The van der Waals surface area contributed by atoms with E-state index in [9.17, 15) is 0 Å². The molecule has 2 aromatic heterocycles. The average Bonchev–Trinajstić information content (AvgIpc) is 3.66. The third kappa shape index (κ3) is 11.2. The number of nitrogens with one attached hydrogen (secondary N) is 2. The molecule has 0 bridgehead atoms. The van der Waals surface area contributed by atoms with E-state index in [-0.39, 0.29) is 8.64 Å². The molecule has 0 unspecified atom stereocenters. The van der Waals surface area contributed by atoms with Crippen LogP contribution in [0.2, 0.25) is 0 Å². The molecular weight excluding hydrogens is 769 g/mol. The quantitative estimate of drug-likeness (QED) is 0.116. The second kappa shape index (κ2) is 19.3. The molecule has 2 aliphatic rings. The standard InChI is InChI=1S/2C9H12N6S4.Mo.2O/c2*16-8(17)14(7-6-10-3-4-11-7)15(9(18)19)13-5-1-2-12-13;;;/h2*3-4,6,12H,1-2,5H2,(H,16,17)(H,18,19);;;/q;;+2;;/p-2. The topological polar surface area (TPSA) is 129 Å². The molecule has 2 fully saturated rings. The van der Waals surface area contributed by atoms with Crippen molar-refractivity contribution in [1.29, 1.82) is 0 Å². The molecule has 23 heteroatoms. The first kappa shape index (κ1) is 36.2. The van der Waals surface area contributed by atoms with Crippen molar-refractivity contribution in [2.45, 2.75) is 12.8 Å². The van der Waals surface area contributed by atoms with Gasteiger partial charge >= 0.3 is 25.3 Å². The fourth-order valence-corrected chi connectivity index (χ4v) is 4.72. The van der Waals surface area contributed by atoms with E-state index in [1.165, 1.54) is 10.0 Å². The number of thiol groups is 2. The Bertz CT molecular complexity index is 1120. The predicted octanol–water partition coefficient (Wildman–Crippen LogP) is 1.10. The predicted molar refractivity (Wildman–Crippen MR) is 176 cm³/mol. The maximum absolute atomic E-state index is 8.50. The Hall–Kier alpha value is -1.01. The zero-order valence-corrected chi connectivity index (χ0v) is 29.4. The summed E-state index contributed by atoms with van der Waals surface area (Å²) in [6.07, 6.45) is 11.4. The van der Waals surface area contributed by atoms with Crippen molar-refractivity contribution in [2.75, 3.05) is 36.2 Å². The molecule has 0 radical (unpaired) electrons. The van der Waals surface area contributed by atoms with Crippen molar-refractivity contribution < 1.29 is 25.3 Å². The normalized spacial score (nSPS) is 14.3. The summed E-state index contributed by atoms with van der Waals surface area (Å²) >= 11 is 37.2. The van der Waals surface area contributed by atoms with Crippen LogP contribution in [0, 0.1) is 0 Å². The van der Waals surface area contributed by atoms with Gasteiger partial charge in [-0.1, -0.05) is 0 Å². The van der Waals surface area contributed by atoms with Gasteiger partial charge in [0, 0.05) is 51.0 Å². The number of anilines is 2. The van der Waals surface area contributed by atoms with Crippen LogP contribution in [-0.4, -0.2) is 83.9 Å². The number of hydrogen-bond donors (Lipinski definition) is 4. The summed E-state index contributed by atoms with van der Waals surface area (Å²) in [6.45, 7) is 3.25. The summed E-state index contributed by atoms with van der Waals surface area (Å²) in [5.41, 5.74) is 6.34. The second-order valence-corrected chi connectivity index (χ2v) is 11.9. The number of nitrogens with zero attached hydrogens (tertiary/aromatic N) is 10. The van der Waals surface area contributed by atoms with Gasteiger partial charge in [0.05, 0.1) is 12.4 Å². The maximum atomic E-state index is 8.50. The number of thiocarbonyl (C=S) groups is 4. The number of aromatic nitrogens is 4. The third-order valence-corrected chi connectivity index (χ3v) is 6.12. The van der Waals surface area contributed by atoms with Gasteiger partial charge in [0.2, 0.25) is 0 Å². The molecule has 220 valence electrons. The van der Waals surface area contributed by atoms with Crippen LogP contribution in [0.5, 0.6) is 0 Å². The molecule has 0 atom stereocenters. The summed E-state index contributed by atoms with van der Waals surface area (Å²) in [6, 6.07) is 0. The van der Waals surface area contributed by atoms with Crippen molar-refractivity contribution in [3.8, 4) is 0 Å². The van der Waals surface area contributed by atoms with Crippen LogP contribution in [0.25, 0.3) is 0 Å². The van der Waals surface area contributed by atoms with Gasteiger partial charge in [0.1, 0.15) is 0 Å². The molecule has 0 spiro atoms. The van der Waals surface area contributed by atoms with E-state index < -0.39 is 18.5 Å². The molecule has 14 nitrogen and oxygen atoms in total. The molecular formula is C18H22MoN12O2S8. The summed E-state index contributed by atoms with van der Waals surface area (Å²) in [5.74, 6) is 0.986. The van der Waals surface area contributed by atoms with Crippen molar-refractivity contribution in [3.05, 3.63) is 37.2 Å². The van der Waals surface area contributed by atoms with Crippen LogP contribution >= 0.6 is 74.1 Å². The average molecular weight is 791 g/mol. The molecule has 2 N–H and O–H groups in total. The molecule has 4 rings (SSSR count). The van der Waals surface area contributed by atoms with E-state index in [0.29, 0.717) is 20.3 Å². The number of hydrazine groups is 6. The SMILES string of the molecule is S=C([S-])N(c1cnccn1)N(C(=S)S)N1CCCN1.S=C([S-])N(c1cnccn1)N(C(=S)S)N1CCCN1.[O]=[Mo+2]=[O]. The molecule has 0 aromatic carbocycles. The Morgan fingerprint density at radius 2 is 1.15 bits per heavy atom. The molecule has 2 aliphatic heterocycles. The fourth-order valence-electron chi connectivity index (χ4n) is 3.29. The molecule has 41 heavy (non-hydrogen) atoms. The molecule has 0 aliphatic carbocycles. The summed E-state index contributed by atoms with van der Waals surface area (Å²) < 4.78 is 18.0. The first-order valence-electron chi connectivity index (χ1n) is 11.2. The van der Waals surface area contributed by atoms with Gasteiger partial charge in [-0.15, -0.1) is 35.5 Å². The first-order valence-corrected chi connectivity index (χ1v) is 16.2. The van der Waals surface area contributed by atoms with Crippen molar-refractivity contribution >= 4 is 128 Å². The molecule has 2 saturated heterocycles. The van der Waals surface area contributed by atoms with Crippen LogP contribution < -0.4 is 20.9 Å². The van der Waals surface area contributed by atoms with Crippen molar-refractivity contribution in [1.82, 2.24) is 51.3 Å². The van der Waals surface area contributed by atoms with Crippen LogP contribution in [0.15, 0.2) is 37.2 Å². The van der Waals surface area contributed by atoms with Crippen molar-refractivity contribution in [3.63, 3.8) is 0 Å². The van der Waals surface area contributed by atoms with Gasteiger partial charge in [-0.3, -0.25) is 9.97 Å². The van der Waals surface area contributed by atoms with E-state index in [1.54, 1.807) is 47.4 Å². The Balaban J connectivity index is 0.000000262. The van der Waals surface area contributed by atoms with Gasteiger partial charge in [-0.25, -0.2) is 30.8 Å².